The van der Waals surface area contributed by atoms with E-state index in [1.807, 2.05) is 13.8 Å². The predicted molar refractivity (Wildman–Crippen MR) is 132 cm³/mol. The van der Waals surface area contributed by atoms with Crippen LogP contribution in [0.15, 0.2) is 29.2 Å². The van der Waals surface area contributed by atoms with Gasteiger partial charge in [-0.05, 0) is 58.1 Å². The number of carbonyl (C=O) groups is 2. The van der Waals surface area contributed by atoms with Crippen molar-refractivity contribution >= 4 is 22.0 Å². The van der Waals surface area contributed by atoms with E-state index < -0.39 is 45.8 Å². The topological polar surface area (TPSA) is 134 Å². The summed E-state index contributed by atoms with van der Waals surface area (Å²) in [5.41, 5.74) is -0.710. The highest BCUT2D eigenvalue weighted by Crippen LogP contribution is 2.24. The van der Waals surface area contributed by atoms with Crippen molar-refractivity contribution in [2.45, 2.75) is 82.6 Å². The van der Waals surface area contributed by atoms with Crippen molar-refractivity contribution < 1.29 is 32.6 Å². The van der Waals surface area contributed by atoms with Crippen LogP contribution in [0.2, 0.25) is 0 Å². The summed E-state index contributed by atoms with van der Waals surface area (Å²) in [7, 11) is -2.40. The van der Waals surface area contributed by atoms with E-state index in [4.69, 9.17) is 9.47 Å². The predicted octanol–water partition coefficient (Wildman–Crippen LogP) is 2.26. The molecular formula is C24H39N3O7S. The van der Waals surface area contributed by atoms with E-state index >= 15 is 0 Å². The van der Waals surface area contributed by atoms with Gasteiger partial charge in [0.05, 0.1) is 24.2 Å². The molecule has 1 heterocycles. The van der Waals surface area contributed by atoms with Gasteiger partial charge in [-0.15, -0.1) is 0 Å². The van der Waals surface area contributed by atoms with Crippen LogP contribution in [0.1, 0.15) is 53.9 Å². The molecule has 1 fully saturated rings. The summed E-state index contributed by atoms with van der Waals surface area (Å²) < 4.78 is 37.9. The number of ether oxygens (including phenoxy) is 2. The minimum absolute atomic E-state index is 0.0742. The fraction of sp³-hybridized carbons (Fsp3) is 0.667. The molecule has 2 unspecified atom stereocenters. The van der Waals surface area contributed by atoms with Gasteiger partial charge in [0.2, 0.25) is 15.9 Å². The summed E-state index contributed by atoms with van der Waals surface area (Å²) in [6, 6.07) is 4.65. The van der Waals surface area contributed by atoms with E-state index in [2.05, 4.69) is 10.6 Å². The lowest BCUT2D eigenvalue weighted by Gasteiger charge is -2.28. The van der Waals surface area contributed by atoms with Crippen LogP contribution in [0.5, 0.6) is 5.75 Å². The van der Waals surface area contributed by atoms with Crippen LogP contribution >= 0.6 is 0 Å². The Morgan fingerprint density at radius 1 is 1.26 bits per heavy atom. The number of methoxy groups -OCH3 is 1. The zero-order valence-corrected chi connectivity index (χ0v) is 22.2. The first-order chi connectivity index (χ1) is 16.2. The minimum atomic E-state index is -3.86. The zero-order chi connectivity index (χ0) is 26.4. The van der Waals surface area contributed by atoms with Crippen LogP contribution in [-0.2, 0) is 19.6 Å². The number of β-amino-alcohol motifs (C(OH)–C–C–N with tert-alkyl or cyclic N) is 1. The molecule has 35 heavy (non-hydrogen) atoms. The Hall–Kier alpha value is -2.37. The molecule has 2 rings (SSSR count). The van der Waals surface area contributed by atoms with E-state index in [0.717, 1.165) is 0 Å². The number of hydrogen-bond acceptors (Lipinski definition) is 7. The number of nitrogens with one attached hydrogen (secondary N) is 2. The van der Waals surface area contributed by atoms with Gasteiger partial charge in [-0.25, -0.2) is 13.2 Å². The molecule has 0 aromatic heterocycles. The lowest BCUT2D eigenvalue weighted by Crippen LogP contribution is -2.54. The van der Waals surface area contributed by atoms with Gasteiger partial charge in [0.1, 0.15) is 17.4 Å². The van der Waals surface area contributed by atoms with Crippen molar-refractivity contribution in [1.29, 1.82) is 0 Å². The molecule has 1 aromatic carbocycles. The van der Waals surface area contributed by atoms with Gasteiger partial charge in [0, 0.05) is 19.2 Å². The minimum Gasteiger partial charge on any atom is -0.497 e. The van der Waals surface area contributed by atoms with Crippen LogP contribution in [0, 0.1) is 5.92 Å². The van der Waals surface area contributed by atoms with Gasteiger partial charge in [-0.2, -0.15) is 4.31 Å². The van der Waals surface area contributed by atoms with Crippen molar-refractivity contribution in [3.05, 3.63) is 24.3 Å². The highest BCUT2D eigenvalue weighted by Gasteiger charge is 2.35. The standard InChI is InChI=1S/C24H39N3O7S/c1-16(2)13-20(26-23(30)34-24(3,4)5)22(29)25-19-11-8-12-27(15-21(19)28)35(31,32)18-10-7-9-17(14-18)33-6/h7,9-10,14,16,19-21,28H,8,11-13,15H2,1-6H3,(H,25,29)(H,26,30)/t19?,20?,21-/m0/s1. The molecule has 1 aromatic rings. The first kappa shape index (κ1) is 28.9. The van der Waals surface area contributed by atoms with Crippen LogP contribution < -0.4 is 15.4 Å². The summed E-state index contributed by atoms with van der Waals surface area (Å²) in [4.78, 5) is 25.4. The second kappa shape index (κ2) is 12.0. The Balaban J connectivity index is 2.10. The van der Waals surface area contributed by atoms with Crippen LogP contribution in [0.25, 0.3) is 0 Å². The zero-order valence-electron chi connectivity index (χ0n) is 21.4. The molecule has 2 amide bonds. The summed E-state index contributed by atoms with van der Waals surface area (Å²) in [6.45, 7) is 9.09. The van der Waals surface area contributed by atoms with Gasteiger partial charge < -0.3 is 25.2 Å². The molecule has 1 saturated heterocycles. The van der Waals surface area contributed by atoms with Crippen LogP contribution in [0.4, 0.5) is 4.79 Å². The Bertz CT molecular complexity index is 976. The molecule has 0 saturated carbocycles. The molecule has 0 bridgehead atoms. The van der Waals surface area contributed by atoms with Gasteiger partial charge in [-0.1, -0.05) is 19.9 Å². The van der Waals surface area contributed by atoms with E-state index in [0.29, 0.717) is 25.0 Å². The lowest BCUT2D eigenvalue weighted by molar-refractivity contribution is -0.125. The molecule has 11 heteroatoms. The fourth-order valence-corrected chi connectivity index (χ4v) is 5.37. The van der Waals surface area contributed by atoms with Gasteiger partial charge in [0.15, 0.2) is 0 Å². The molecule has 3 N–H and O–H groups in total. The van der Waals surface area contributed by atoms with E-state index in [1.54, 1.807) is 32.9 Å². The number of hydrogen-bond donors (Lipinski definition) is 3. The van der Waals surface area contributed by atoms with Crippen molar-refractivity contribution in [1.82, 2.24) is 14.9 Å². The molecule has 0 spiro atoms. The number of amides is 2. The monoisotopic (exact) mass is 513 g/mol. The first-order valence-electron chi connectivity index (χ1n) is 11.8. The van der Waals surface area contributed by atoms with Crippen molar-refractivity contribution in [2.75, 3.05) is 20.2 Å². The summed E-state index contributed by atoms with van der Waals surface area (Å²) in [5, 5.41) is 16.2. The number of benzene rings is 1. The van der Waals surface area contributed by atoms with Gasteiger partial charge in [0.25, 0.3) is 0 Å². The Morgan fingerprint density at radius 3 is 2.54 bits per heavy atom. The average molecular weight is 514 g/mol. The molecule has 0 radical (unpaired) electrons. The number of aliphatic hydroxyl groups excluding tert-OH is 1. The lowest BCUT2D eigenvalue weighted by atomic mass is 10.0. The van der Waals surface area contributed by atoms with Crippen molar-refractivity contribution in [2.24, 2.45) is 5.92 Å². The van der Waals surface area contributed by atoms with E-state index in [-0.39, 0.29) is 23.9 Å². The molecule has 0 aliphatic carbocycles. The maximum absolute atomic E-state index is 13.2. The van der Waals surface area contributed by atoms with Crippen LogP contribution in [-0.4, -0.2) is 73.8 Å². The second-order valence-corrected chi connectivity index (χ2v) is 12.1. The number of rotatable bonds is 8. The van der Waals surface area contributed by atoms with Crippen molar-refractivity contribution in [3.63, 3.8) is 0 Å². The third-order valence-corrected chi connectivity index (χ3v) is 7.36. The molecular weight excluding hydrogens is 474 g/mol. The van der Waals surface area contributed by atoms with Gasteiger partial charge >= 0.3 is 6.09 Å². The summed E-state index contributed by atoms with van der Waals surface area (Å²) in [6.07, 6.45) is -0.611. The molecule has 1 aliphatic heterocycles. The van der Waals surface area contributed by atoms with E-state index in [1.165, 1.54) is 23.5 Å². The summed E-state index contributed by atoms with van der Waals surface area (Å²) >= 11 is 0. The smallest absolute Gasteiger partial charge is 0.408 e. The second-order valence-electron chi connectivity index (χ2n) is 10.2. The number of nitrogens with zero attached hydrogens (tertiary/aromatic N) is 1. The Morgan fingerprint density at radius 2 is 1.94 bits per heavy atom. The normalized spacial score (nSPS) is 20.6. The third kappa shape index (κ3) is 8.66. The maximum Gasteiger partial charge on any atom is 0.408 e. The molecule has 198 valence electrons. The number of sulfonamides is 1. The van der Waals surface area contributed by atoms with Crippen molar-refractivity contribution in [3.8, 4) is 5.75 Å². The average Bonchev–Trinajstić information content (AvgIpc) is 2.93. The number of aliphatic hydroxyl groups is 1. The fourth-order valence-electron chi connectivity index (χ4n) is 3.84. The summed E-state index contributed by atoms with van der Waals surface area (Å²) in [5.74, 6) is 0.0845. The molecule has 3 atom stereocenters. The Kier molecular flexibility index (Phi) is 9.94. The molecule has 1 aliphatic rings. The first-order valence-corrected chi connectivity index (χ1v) is 13.3. The maximum atomic E-state index is 13.2. The SMILES string of the molecule is COc1cccc(S(=O)(=O)N2CCCC(NC(=O)C(CC(C)C)NC(=O)OC(C)(C)C)[C@@H](O)C2)c1. The van der Waals surface area contributed by atoms with Crippen LogP contribution in [0.3, 0.4) is 0 Å². The number of carbonyl (C=O) groups excluding carboxylic acids is 2. The molecule has 10 nitrogen and oxygen atoms in total. The highest BCUT2D eigenvalue weighted by molar-refractivity contribution is 7.89. The quantitative estimate of drug-likeness (QED) is 0.485. The van der Waals surface area contributed by atoms with E-state index in [9.17, 15) is 23.1 Å². The third-order valence-electron chi connectivity index (χ3n) is 5.50. The number of alkyl carbamates (subject to hydrolysis) is 1. The highest BCUT2D eigenvalue weighted by atomic mass is 32.2. The largest absolute Gasteiger partial charge is 0.497 e. The Labute approximate surface area is 208 Å². The van der Waals surface area contributed by atoms with Gasteiger partial charge in [-0.3, -0.25) is 4.79 Å².